The molecule has 1 unspecified atom stereocenters. The fourth-order valence-corrected chi connectivity index (χ4v) is 2.34. The molecule has 0 saturated carbocycles. The van der Waals surface area contributed by atoms with E-state index < -0.39 is 0 Å². The standard InChI is InChI=1S/C14H20N2O/c1-10(2)15-12-8-9-16(14(12)17)13-7-5-4-6-11(13)3/h4-7,10,12,15H,8-9H2,1-3H3. The van der Waals surface area contributed by atoms with Crippen LogP contribution in [0.2, 0.25) is 0 Å². The maximum atomic E-state index is 12.3. The van der Waals surface area contributed by atoms with Crippen LogP contribution >= 0.6 is 0 Å². The Balaban J connectivity index is 2.15. The van der Waals surface area contributed by atoms with Gasteiger partial charge in [-0.25, -0.2) is 0 Å². The van der Waals surface area contributed by atoms with Gasteiger partial charge >= 0.3 is 0 Å². The number of para-hydroxylation sites is 1. The van der Waals surface area contributed by atoms with Gasteiger partial charge in [-0.3, -0.25) is 4.79 Å². The van der Waals surface area contributed by atoms with Crippen LogP contribution in [0.1, 0.15) is 25.8 Å². The van der Waals surface area contributed by atoms with Crippen molar-refractivity contribution in [1.29, 1.82) is 0 Å². The molecule has 0 spiro atoms. The Bertz CT molecular complexity index is 414. The molecule has 1 saturated heterocycles. The second-order valence-corrected chi connectivity index (χ2v) is 4.94. The van der Waals surface area contributed by atoms with Gasteiger partial charge in [0.2, 0.25) is 5.91 Å². The summed E-state index contributed by atoms with van der Waals surface area (Å²) >= 11 is 0. The monoisotopic (exact) mass is 232 g/mol. The molecule has 3 heteroatoms. The Morgan fingerprint density at radius 3 is 2.71 bits per heavy atom. The summed E-state index contributed by atoms with van der Waals surface area (Å²) < 4.78 is 0. The van der Waals surface area contributed by atoms with E-state index >= 15 is 0 Å². The highest BCUT2D eigenvalue weighted by molar-refractivity contribution is 6.00. The molecule has 0 bridgehead atoms. The minimum atomic E-state index is -0.0189. The van der Waals surface area contributed by atoms with Crippen molar-refractivity contribution < 1.29 is 4.79 Å². The number of aryl methyl sites for hydroxylation is 1. The molecule has 1 aliphatic rings. The summed E-state index contributed by atoms with van der Waals surface area (Å²) in [4.78, 5) is 14.2. The van der Waals surface area contributed by atoms with E-state index in [9.17, 15) is 4.79 Å². The van der Waals surface area contributed by atoms with Crippen LogP contribution in [0, 0.1) is 6.92 Å². The lowest BCUT2D eigenvalue weighted by Crippen LogP contribution is -2.41. The summed E-state index contributed by atoms with van der Waals surface area (Å²) in [6.07, 6.45) is 0.894. The second kappa shape index (κ2) is 4.88. The maximum absolute atomic E-state index is 12.3. The molecular formula is C14H20N2O. The largest absolute Gasteiger partial charge is 0.311 e. The average molecular weight is 232 g/mol. The van der Waals surface area contributed by atoms with E-state index in [0.29, 0.717) is 6.04 Å². The SMILES string of the molecule is Cc1ccccc1N1CCC(NC(C)C)C1=O. The number of hydrogen-bond donors (Lipinski definition) is 1. The quantitative estimate of drug-likeness (QED) is 0.865. The summed E-state index contributed by atoms with van der Waals surface area (Å²) in [6, 6.07) is 8.38. The van der Waals surface area contributed by atoms with Crippen LogP contribution in [-0.4, -0.2) is 24.5 Å². The summed E-state index contributed by atoms with van der Waals surface area (Å²) in [5.41, 5.74) is 2.21. The minimum Gasteiger partial charge on any atom is -0.311 e. The van der Waals surface area contributed by atoms with Crippen molar-refractivity contribution in [1.82, 2.24) is 5.32 Å². The van der Waals surface area contributed by atoms with E-state index in [2.05, 4.69) is 19.2 Å². The lowest BCUT2D eigenvalue weighted by molar-refractivity contribution is -0.118. The van der Waals surface area contributed by atoms with E-state index in [4.69, 9.17) is 0 Å². The van der Waals surface area contributed by atoms with Crippen molar-refractivity contribution in [2.24, 2.45) is 0 Å². The van der Waals surface area contributed by atoms with Crippen molar-refractivity contribution in [3.8, 4) is 0 Å². The van der Waals surface area contributed by atoms with Gasteiger partial charge in [-0.2, -0.15) is 0 Å². The van der Waals surface area contributed by atoms with Crippen LogP contribution in [0.5, 0.6) is 0 Å². The molecular weight excluding hydrogens is 212 g/mol. The normalized spacial score (nSPS) is 20.4. The van der Waals surface area contributed by atoms with E-state index in [1.54, 1.807) is 0 Å². The average Bonchev–Trinajstić information content (AvgIpc) is 2.61. The smallest absolute Gasteiger partial charge is 0.244 e. The molecule has 2 rings (SSSR count). The van der Waals surface area contributed by atoms with Crippen LogP contribution in [0.25, 0.3) is 0 Å². The van der Waals surface area contributed by atoms with Crippen LogP contribution in [0.3, 0.4) is 0 Å². The first-order valence-electron chi connectivity index (χ1n) is 6.22. The molecule has 1 atom stereocenters. The van der Waals surface area contributed by atoms with Crippen LogP contribution in [0.4, 0.5) is 5.69 Å². The van der Waals surface area contributed by atoms with Crippen molar-refractivity contribution >= 4 is 11.6 Å². The molecule has 1 aromatic rings. The first kappa shape index (κ1) is 12.1. The van der Waals surface area contributed by atoms with Gasteiger partial charge in [-0.15, -0.1) is 0 Å². The molecule has 1 amide bonds. The van der Waals surface area contributed by atoms with Crippen LogP contribution < -0.4 is 10.2 Å². The zero-order valence-corrected chi connectivity index (χ0v) is 10.7. The lowest BCUT2D eigenvalue weighted by Gasteiger charge is -2.20. The Labute approximate surface area is 103 Å². The van der Waals surface area contributed by atoms with Crippen molar-refractivity contribution in [3.05, 3.63) is 29.8 Å². The molecule has 0 aliphatic carbocycles. The van der Waals surface area contributed by atoms with Gasteiger partial charge in [-0.05, 0) is 25.0 Å². The summed E-state index contributed by atoms with van der Waals surface area (Å²) in [5.74, 6) is 0.202. The maximum Gasteiger partial charge on any atom is 0.244 e. The fraction of sp³-hybridized carbons (Fsp3) is 0.500. The van der Waals surface area contributed by atoms with Crippen LogP contribution in [0.15, 0.2) is 24.3 Å². The number of rotatable bonds is 3. The van der Waals surface area contributed by atoms with E-state index in [1.807, 2.05) is 36.1 Å². The third kappa shape index (κ3) is 2.50. The summed E-state index contributed by atoms with van der Waals surface area (Å²) in [7, 11) is 0. The zero-order valence-electron chi connectivity index (χ0n) is 10.7. The number of nitrogens with zero attached hydrogens (tertiary/aromatic N) is 1. The van der Waals surface area contributed by atoms with E-state index in [1.165, 1.54) is 0 Å². The van der Waals surface area contributed by atoms with Gasteiger partial charge in [0.05, 0.1) is 6.04 Å². The fourth-order valence-electron chi connectivity index (χ4n) is 2.34. The molecule has 17 heavy (non-hydrogen) atoms. The van der Waals surface area contributed by atoms with Gasteiger partial charge in [0, 0.05) is 18.3 Å². The van der Waals surface area contributed by atoms with E-state index in [-0.39, 0.29) is 11.9 Å². The molecule has 0 aromatic heterocycles. The van der Waals surface area contributed by atoms with Gasteiger partial charge in [0.15, 0.2) is 0 Å². The number of hydrogen-bond acceptors (Lipinski definition) is 2. The lowest BCUT2D eigenvalue weighted by atomic mass is 10.2. The predicted molar refractivity (Wildman–Crippen MR) is 70.2 cm³/mol. The first-order chi connectivity index (χ1) is 8.09. The molecule has 1 N–H and O–H groups in total. The van der Waals surface area contributed by atoms with Crippen LogP contribution in [-0.2, 0) is 4.79 Å². The number of carbonyl (C=O) groups excluding carboxylic acids is 1. The topological polar surface area (TPSA) is 32.3 Å². The summed E-state index contributed by atoms with van der Waals surface area (Å²) in [6.45, 7) is 7.01. The molecule has 1 heterocycles. The number of amides is 1. The number of anilines is 1. The van der Waals surface area contributed by atoms with E-state index in [0.717, 1.165) is 24.2 Å². The van der Waals surface area contributed by atoms with Gasteiger partial charge in [-0.1, -0.05) is 32.0 Å². The van der Waals surface area contributed by atoms with Gasteiger partial charge in [0.1, 0.15) is 0 Å². The molecule has 3 nitrogen and oxygen atoms in total. The molecule has 1 aromatic carbocycles. The Kier molecular flexibility index (Phi) is 3.48. The highest BCUT2D eigenvalue weighted by Crippen LogP contribution is 2.24. The van der Waals surface area contributed by atoms with Crippen molar-refractivity contribution in [3.63, 3.8) is 0 Å². The Morgan fingerprint density at radius 1 is 1.35 bits per heavy atom. The number of carbonyl (C=O) groups is 1. The molecule has 1 fully saturated rings. The van der Waals surface area contributed by atoms with Crippen molar-refractivity contribution in [2.45, 2.75) is 39.3 Å². The van der Waals surface area contributed by atoms with Gasteiger partial charge in [0.25, 0.3) is 0 Å². The van der Waals surface area contributed by atoms with Gasteiger partial charge < -0.3 is 10.2 Å². The molecule has 0 radical (unpaired) electrons. The second-order valence-electron chi connectivity index (χ2n) is 4.94. The third-order valence-electron chi connectivity index (χ3n) is 3.15. The third-order valence-corrected chi connectivity index (χ3v) is 3.15. The Hall–Kier alpha value is -1.35. The zero-order chi connectivity index (χ0) is 12.4. The minimum absolute atomic E-state index is 0.0189. The number of nitrogens with one attached hydrogen (secondary N) is 1. The Morgan fingerprint density at radius 2 is 2.06 bits per heavy atom. The number of benzene rings is 1. The first-order valence-corrected chi connectivity index (χ1v) is 6.22. The predicted octanol–water partition coefficient (Wildman–Crippen LogP) is 2.10. The molecule has 92 valence electrons. The molecule has 1 aliphatic heterocycles. The van der Waals surface area contributed by atoms with Crippen molar-refractivity contribution in [2.75, 3.05) is 11.4 Å². The highest BCUT2D eigenvalue weighted by atomic mass is 16.2. The highest BCUT2D eigenvalue weighted by Gasteiger charge is 2.32. The summed E-state index contributed by atoms with van der Waals surface area (Å²) in [5, 5.41) is 3.32.